The van der Waals surface area contributed by atoms with Crippen LogP contribution in [0.1, 0.15) is 23.1 Å². The van der Waals surface area contributed by atoms with Crippen LogP contribution in [0.25, 0.3) is 4.96 Å². The maximum atomic E-state index is 4.58. The maximum Gasteiger partial charge on any atom is 0.214 e. The number of hydrogen-bond donors (Lipinski definition) is 0. The molecular formula is C13H16N6S. The van der Waals surface area contributed by atoms with Gasteiger partial charge in [0.1, 0.15) is 0 Å². The van der Waals surface area contributed by atoms with E-state index in [1.165, 1.54) is 5.69 Å². The minimum absolute atomic E-state index is 0.460. The van der Waals surface area contributed by atoms with Crippen molar-refractivity contribution in [2.75, 3.05) is 18.0 Å². The summed E-state index contributed by atoms with van der Waals surface area (Å²) in [5, 5.41) is 10.2. The lowest BCUT2D eigenvalue weighted by Gasteiger charge is -2.39. The third kappa shape index (κ3) is 1.73. The Hall–Kier alpha value is -1.89. The number of hydrogen-bond acceptors (Lipinski definition) is 5. The molecule has 0 N–H and O–H groups in total. The summed E-state index contributed by atoms with van der Waals surface area (Å²) >= 11 is 1.65. The Balaban J connectivity index is 1.52. The van der Waals surface area contributed by atoms with Crippen LogP contribution in [0.15, 0.2) is 12.3 Å². The number of anilines is 1. The second-order valence-corrected chi connectivity index (χ2v) is 6.36. The van der Waals surface area contributed by atoms with Crippen molar-refractivity contribution in [1.82, 2.24) is 24.4 Å². The summed E-state index contributed by atoms with van der Waals surface area (Å²) < 4.78 is 4.00. The van der Waals surface area contributed by atoms with Gasteiger partial charge in [0.2, 0.25) is 10.1 Å². The molecule has 20 heavy (non-hydrogen) atoms. The highest BCUT2D eigenvalue weighted by atomic mass is 32.1. The zero-order chi connectivity index (χ0) is 13.9. The van der Waals surface area contributed by atoms with E-state index < -0.39 is 0 Å². The molecule has 1 fully saturated rings. The maximum absolute atomic E-state index is 4.58. The second-order valence-electron chi connectivity index (χ2n) is 5.42. The minimum Gasteiger partial charge on any atom is -0.342 e. The van der Waals surface area contributed by atoms with Crippen LogP contribution in [0.5, 0.6) is 0 Å². The Morgan fingerprint density at radius 2 is 1.95 bits per heavy atom. The molecule has 0 unspecified atom stereocenters. The first kappa shape index (κ1) is 11.9. The normalized spacial score (nSPS) is 16.1. The molecule has 0 spiro atoms. The van der Waals surface area contributed by atoms with Gasteiger partial charge in [0.25, 0.3) is 0 Å². The molecule has 1 saturated heterocycles. The van der Waals surface area contributed by atoms with Crippen LogP contribution in [-0.4, -0.2) is 37.5 Å². The fourth-order valence-electron chi connectivity index (χ4n) is 2.71. The summed E-state index contributed by atoms with van der Waals surface area (Å²) in [6.45, 7) is 8.08. The van der Waals surface area contributed by atoms with E-state index >= 15 is 0 Å². The van der Waals surface area contributed by atoms with Crippen LogP contribution in [0, 0.1) is 20.8 Å². The third-order valence-corrected chi connectivity index (χ3v) is 4.66. The Morgan fingerprint density at radius 1 is 1.15 bits per heavy atom. The van der Waals surface area contributed by atoms with Gasteiger partial charge in [-0.3, -0.25) is 4.68 Å². The largest absolute Gasteiger partial charge is 0.342 e. The van der Waals surface area contributed by atoms with Gasteiger partial charge in [0.05, 0.1) is 23.6 Å². The fourth-order valence-corrected chi connectivity index (χ4v) is 3.66. The predicted octanol–water partition coefficient (Wildman–Crippen LogP) is 1.97. The molecule has 0 radical (unpaired) electrons. The highest BCUT2D eigenvalue weighted by molar-refractivity contribution is 7.20. The monoisotopic (exact) mass is 288 g/mol. The first-order valence-corrected chi connectivity index (χ1v) is 7.52. The number of aryl methyl sites for hydroxylation is 3. The topological polar surface area (TPSA) is 51.2 Å². The smallest absolute Gasteiger partial charge is 0.214 e. The summed E-state index contributed by atoms with van der Waals surface area (Å²) in [4.78, 5) is 7.70. The van der Waals surface area contributed by atoms with Gasteiger partial charge in [-0.1, -0.05) is 11.3 Å². The summed E-state index contributed by atoms with van der Waals surface area (Å²) in [5.41, 5.74) is 3.33. The molecular weight excluding hydrogens is 272 g/mol. The molecule has 0 atom stereocenters. The van der Waals surface area contributed by atoms with Crippen LogP contribution in [0.2, 0.25) is 0 Å². The van der Waals surface area contributed by atoms with Gasteiger partial charge in [-0.15, -0.1) is 5.10 Å². The molecule has 104 valence electrons. The first-order valence-electron chi connectivity index (χ1n) is 6.70. The van der Waals surface area contributed by atoms with Crippen molar-refractivity contribution >= 4 is 21.4 Å². The summed E-state index contributed by atoms with van der Waals surface area (Å²) in [7, 11) is 0. The third-order valence-electron chi connectivity index (χ3n) is 3.68. The van der Waals surface area contributed by atoms with Crippen molar-refractivity contribution in [2.24, 2.45) is 0 Å². The van der Waals surface area contributed by atoms with E-state index in [1.807, 2.05) is 24.6 Å². The number of rotatable bonds is 2. The van der Waals surface area contributed by atoms with E-state index in [0.717, 1.165) is 34.6 Å². The lowest BCUT2D eigenvalue weighted by atomic mass is 10.1. The zero-order valence-electron chi connectivity index (χ0n) is 11.7. The Labute approximate surface area is 120 Å². The predicted molar refractivity (Wildman–Crippen MR) is 78.6 cm³/mol. The van der Waals surface area contributed by atoms with Crippen LogP contribution < -0.4 is 4.90 Å². The number of imidazole rings is 1. The Kier molecular flexibility index (Phi) is 2.41. The Bertz CT molecular complexity index is 745. The molecule has 6 nitrogen and oxygen atoms in total. The molecule has 3 aromatic heterocycles. The molecule has 1 aliphatic heterocycles. The first-order chi connectivity index (χ1) is 9.60. The highest BCUT2D eigenvalue weighted by Crippen LogP contribution is 2.31. The fraction of sp³-hybridized carbons (Fsp3) is 0.462. The van der Waals surface area contributed by atoms with Crippen molar-refractivity contribution in [3.8, 4) is 0 Å². The van der Waals surface area contributed by atoms with Gasteiger partial charge >= 0.3 is 0 Å². The summed E-state index contributed by atoms with van der Waals surface area (Å²) in [6, 6.07) is 2.59. The molecule has 1 aliphatic rings. The molecule has 7 heteroatoms. The van der Waals surface area contributed by atoms with E-state index in [0.29, 0.717) is 6.04 Å². The van der Waals surface area contributed by atoms with Crippen LogP contribution >= 0.6 is 11.3 Å². The van der Waals surface area contributed by atoms with Gasteiger partial charge in [0.15, 0.2) is 0 Å². The van der Waals surface area contributed by atoms with E-state index in [-0.39, 0.29) is 0 Å². The average molecular weight is 288 g/mol. The number of fused-ring (bicyclic) bond motifs is 1. The van der Waals surface area contributed by atoms with Gasteiger partial charge in [-0.2, -0.15) is 5.10 Å². The molecule has 0 saturated carbocycles. The molecule has 4 heterocycles. The summed E-state index contributed by atoms with van der Waals surface area (Å²) in [5.74, 6) is 0. The second kappa shape index (κ2) is 4.05. The minimum atomic E-state index is 0.460. The molecule has 0 aromatic carbocycles. The van der Waals surface area contributed by atoms with E-state index in [2.05, 4.69) is 37.8 Å². The van der Waals surface area contributed by atoms with Crippen molar-refractivity contribution in [1.29, 1.82) is 0 Å². The highest BCUT2D eigenvalue weighted by Gasteiger charge is 2.32. The van der Waals surface area contributed by atoms with Gasteiger partial charge in [0, 0.05) is 18.8 Å². The molecule has 0 amide bonds. The van der Waals surface area contributed by atoms with Crippen molar-refractivity contribution in [3.05, 3.63) is 29.3 Å². The molecule has 0 bridgehead atoms. The standard InChI is InChI=1S/C13H16N6S/c1-8-4-10(3)19(15-8)11-6-17(7-11)13-16-18-5-9(2)14-12(18)20-13/h4-5,11H,6-7H2,1-3H3. The average Bonchev–Trinajstić information content (AvgIpc) is 2.91. The van der Waals surface area contributed by atoms with Crippen molar-refractivity contribution < 1.29 is 0 Å². The van der Waals surface area contributed by atoms with E-state index in [9.17, 15) is 0 Å². The summed E-state index contributed by atoms with van der Waals surface area (Å²) in [6.07, 6.45) is 1.97. The van der Waals surface area contributed by atoms with Crippen LogP contribution in [0.3, 0.4) is 0 Å². The van der Waals surface area contributed by atoms with Crippen LogP contribution in [0.4, 0.5) is 5.13 Å². The van der Waals surface area contributed by atoms with Gasteiger partial charge < -0.3 is 4.90 Å². The van der Waals surface area contributed by atoms with Crippen molar-refractivity contribution in [2.45, 2.75) is 26.8 Å². The van der Waals surface area contributed by atoms with Gasteiger partial charge in [-0.25, -0.2) is 9.50 Å². The molecule has 0 aliphatic carbocycles. The number of nitrogens with zero attached hydrogens (tertiary/aromatic N) is 6. The lowest BCUT2D eigenvalue weighted by molar-refractivity contribution is 0.360. The quantitative estimate of drug-likeness (QED) is 0.723. The van der Waals surface area contributed by atoms with E-state index in [1.54, 1.807) is 11.3 Å². The van der Waals surface area contributed by atoms with E-state index in [4.69, 9.17) is 0 Å². The SMILES string of the molecule is Cc1cn2nc(N3CC(n4nc(C)cc4C)C3)sc2n1. The Morgan fingerprint density at radius 3 is 2.60 bits per heavy atom. The van der Waals surface area contributed by atoms with Crippen LogP contribution in [-0.2, 0) is 0 Å². The van der Waals surface area contributed by atoms with Crippen molar-refractivity contribution in [3.63, 3.8) is 0 Å². The lowest BCUT2D eigenvalue weighted by Crippen LogP contribution is -2.48. The number of aromatic nitrogens is 5. The van der Waals surface area contributed by atoms with Gasteiger partial charge in [-0.05, 0) is 26.8 Å². The molecule has 4 rings (SSSR count). The molecule has 3 aromatic rings. The zero-order valence-corrected chi connectivity index (χ0v) is 12.6.